The number of aromatic nitrogens is 2. The van der Waals surface area contributed by atoms with Gasteiger partial charge in [-0.05, 0) is 46.6 Å². The van der Waals surface area contributed by atoms with Crippen molar-refractivity contribution < 1.29 is 22.9 Å². The lowest BCUT2D eigenvalue weighted by Gasteiger charge is -2.18. The zero-order valence-electron chi connectivity index (χ0n) is 18.5. The zero-order chi connectivity index (χ0) is 23.6. The largest absolute Gasteiger partial charge is 0.438 e. The van der Waals surface area contributed by atoms with E-state index in [-0.39, 0.29) is 39.9 Å². The van der Waals surface area contributed by atoms with Crippen molar-refractivity contribution >= 4 is 21.6 Å². The van der Waals surface area contributed by atoms with Crippen LogP contribution in [0.4, 0.5) is 5.69 Å². The summed E-state index contributed by atoms with van der Waals surface area (Å²) in [4.78, 5) is 22.9. The lowest BCUT2D eigenvalue weighted by Crippen LogP contribution is -2.31. The first-order valence-corrected chi connectivity index (χ1v) is 11.8. The van der Waals surface area contributed by atoms with Crippen LogP contribution in [-0.2, 0) is 16.6 Å². The maximum absolute atomic E-state index is 13.2. The number of benzene rings is 1. The van der Waals surface area contributed by atoms with Gasteiger partial charge < -0.3 is 10.1 Å². The van der Waals surface area contributed by atoms with Crippen molar-refractivity contribution in [3.63, 3.8) is 0 Å². The fourth-order valence-electron chi connectivity index (χ4n) is 3.49. The monoisotopic (exact) mass is 465 g/mol. The first-order valence-electron chi connectivity index (χ1n) is 10.4. The van der Waals surface area contributed by atoms with Crippen LogP contribution in [0.2, 0.25) is 0 Å². The number of hydrogen-bond donors (Lipinski definition) is 1. The van der Waals surface area contributed by atoms with Gasteiger partial charge in [-0.15, -0.1) is 0 Å². The number of amides is 1. The molecule has 1 fully saturated rings. The van der Waals surface area contributed by atoms with Crippen LogP contribution in [0.3, 0.4) is 0 Å². The van der Waals surface area contributed by atoms with E-state index >= 15 is 0 Å². The van der Waals surface area contributed by atoms with Crippen molar-refractivity contribution in [3.8, 4) is 11.6 Å². The van der Waals surface area contributed by atoms with Gasteiger partial charge in [-0.3, -0.25) is 14.9 Å². The summed E-state index contributed by atoms with van der Waals surface area (Å²) in [5, 5.41) is 18.4. The summed E-state index contributed by atoms with van der Waals surface area (Å²) in [5.41, 5.74) is 0.252. The van der Waals surface area contributed by atoms with Gasteiger partial charge in [0.05, 0.1) is 4.92 Å². The normalized spacial score (nSPS) is 14.7. The molecule has 3 rings (SSSR count). The smallest absolute Gasteiger partial charge is 0.272 e. The Balaban J connectivity index is 2.08. The maximum Gasteiger partial charge on any atom is 0.272 e. The molecule has 0 bridgehead atoms. The molecule has 1 N–H and O–H groups in total. The van der Waals surface area contributed by atoms with Crippen molar-refractivity contribution in [3.05, 3.63) is 39.6 Å². The number of carbonyl (C=O) groups excluding carboxylic acids is 1. The molecule has 1 aromatic carbocycles. The Morgan fingerprint density at radius 1 is 1.31 bits per heavy atom. The Kier molecular flexibility index (Phi) is 6.84. The molecular weight excluding hydrogens is 438 g/mol. The molecule has 1 aliphatic rings. The molecule has 1 aromatic heterocycles. The van der Waals surface area contributed by atoms with Gasteiger partial charge >= 0.3 is 0 Å². The van der Waals surface area contributed by atoms with Crippen LogP contribution in [-0.4, -0.2) is 52.5 Å². The third-order valence-corrected chi connectivity index (χ3v) is 7.01. The van der Waals surface area contributed by atoms with Crippen LogP contribution in [0.15, 0.2) is 23.1 Å². The lowest BCUT2D eigenvalue weighted by molar-refractivity contribution is -0.385. The number of sulfonamides is 1. The molecule has 174 valence electrons. The van der Waals surface area contributed by atoms with Crippen molar-refractivity contribution in [2.24, 2.45) is 0 Å². The van der Waals surface area contributed by atoms with Crippen LogP contribution in [0.1, 0.15) is 49.7 Å². The van der Waals surface area contributed by atoms with Crippen LogP contribution >= 0.6 is 0 Å². The summed E-state index contributed by atoms with van der Waals surface area (Å²) in [6.07, 6.45) is 1.45. The Bertz CT molecular complexity index is 1140. The third kappa shape index (κ3) is 4.60. The van der Waals surface area contributed by atoms with Crippen LogP contribution in [0.5, 0.6) is 11.6 Å². The second kappa shape index (κ2) is 9.25. The Hall–Kier alpha value is -2.99. The standard InChI is InChI=1S/C20H27N5O6S/c1-5-24-20(14(4)18(22-24)19(26)21-13(2)3)31-16-9-8-15(25(27)28)12-17(16)32(29,30)23-10-6-7-11-23/h8-9,12-13H,5-7,10-11H2,1-4H3,(H,21,26). The van der Waals surface area contributed by atoms with Gasteiger partial charge in [0.25, 0.3) is 11.6 Å². The average Bonchev–Trinajstić information content (AvgIpc) is 3.37. The van der Waals surface area contributed by atoms with E-state index in [1.54, 1.807) is 13.8 Å². The van der Waals surface area contributed by atoms with E-state index in [0.29, 0.717) is 25.2 Å². The first kappa shape index (κ1) is 23.7. The molecule has 11 nitrogen and oxygen atoms in total. The molecule has 0 unspecified atom stereocenters. The fourth-order valence-corrected chi connectivity index (χ4v) is 5.14. The number of ether oxygens (including phenoxy) is 1. The molecule has 0 aliphatic carbocycles. The molecular formula is C20H27N5O6S. The minimum absolute atomic E-state index is 0.0592. The van der Waals surface area contributed by atoms with Crippen LogP contribution in [0.25, 0.3) is 0 Å². The minimum atomic E-state index is -4.01. The summed E-state index contributed by atoms with van der Waals surface area (Å²) in [6.45, 7) is 8.17. The number of nitrogens with one attached hydrogen (secondary N) is 1. The highest BCUT2D eigenvalue weighted by molar-refractivity contribution is 7.89. The van der Waals surface area contributed by atoms with E-state index in [1.165, 1.54) is 21.1 Å². The van der Waals surface area contributed by atoms with Gasteiger partial charge in [-0.25, -0.2) is 13.1 Å². The molecule has 0 spiro atoms. The molecule has 2 aromatic rings. The van der Waals surface area contributed by atoms with Crippen molar-refractivity contribution in [2.75, 3.05) is 13.1 Å². The maximum atomic E-state index is 13.2. The molecule has 2 heterocycles. The van der Waals surface area contributed by atoms with Gasteiger partial charge in [-0.2, -0.15) is 9.40 Å². The second-order valence-electron chi connectivity index (χ2n) is 7.82. The van der Waals surface area contributed by atoms with E-state index in [0.717, 1.165) is 18.9 Å². The highest BCUT2D eigenvalue weighted by Crippen LogP contribution is 2.36. The summed E-state index contributed by atoms with van der Waals surface area (Å²) in [7, 11) is -4.01. The van der Waals surface area contributed by atoms with Gasteiger partial charge in [0.15, 0.2) is 5.69 Å². The third-order valence-electron chi connectivity index (χ3n) is 5.09. The van der Waals surface area contributed by atoms with Crippen molar-refractivity contribution in [2.45, 2.75) is 58.0 Å². The summed E-state index contributed by atoms with van der Waals surface area (Å²) in [5.74, 6) is -0.229. The number of hydrogen-bond acceptors (Lipinski definition) is 7. The molecule has 12 heteroatoms. The van der Waals surface area contributed by atoms with E-state index in [4.69, 9.17) is 4.74 Å². The molecule has 1 amide bonds. The second-order valence-corrected chi connectivity index (χ2v) is 9.73. The van der Waals surface area contributed by atoms with Crippen molar-refractivity contribution in [1.29, 1.82) is 0 Å². The molecule has 32 heavy (non-hydrogen) atoms. The van der Waals surface area contributed by atoms with E-state index in [2.05, 4.69) is 10.4 Å². The Labute approximate surface area is 186 Å². The zero-order valence-corrected chi connectivity index (χ0v) is 19.3. The number of nitro groups is 1. The topological polar surface area (TPSA) is 137 Å². The number of nitro benzene ring substituents is 1. The predicted molar refractivity (Wildman–Crippen MR) is 116 cm³/mol. The lowest BCUT2D eigenvalue weighted by atomic mass is 10.2. The quantitative estimate of drug-likeness (QED) is 0.467. The van der Waals surface area contributed by atoms with E-state index in [1.807, 2.05) is 13.8 Å². The summed E-state index contributed by atoms with van der Waals surface area (Å²) < 4.78 is 35.2. The molecule has 0 radical (unpaired) electrons. The Morgan fingerprint density at radius 2 is 1.97 bits per heavy atom. The highest BCUT2D eigenvalue weighted by atomic mass is 32.2. The van der Waals surface area contributed by atoms with E-state index < -0.39 is 14.9 Å². The molecule has 1 saturated heterocycles. The van der Waals surface area contributed by atoms with E-state index in [9.17, 15) is 23.3 Å². The summed E-state index contributed by atoms with van der Waals surface area (Å²) in [6, 6.07) is 3.37. The Morgan fingerprint density at radius 3 is 2.53 bits per heavy atom. The number of carbonyl (C=O) groups is 1. The predicted octanol–water partition coefficient (Wildman–Crippen LogP) is 2.83. The van der Waals surface area contributed by atoms with Gasteiger partial charge in [-0.1, -0.05) is 0 Å². The summed E-state index contributed by atoms with van der Waals surface area (Å²) >= 11 is 0. The van der Waals surface area contributed by atoms with Gasteiger partial charge in [0.2, 0.25) is 15.9 Å². The van der Waals surface area contributed by atoms with Gasteiger partial charge in [0.1, 0.15) is 10.6 Å². The number of nitrogens with zero attached hydrogens (tertiary/aromatic N) is 4. The molecule has 1 aliphatic heterocycles. The average molecular weight is 466 g/mol. The number of aryl methyl sites for hydroxylation is 1. The number of non-ortho nitro benzene ring substituents is 1. The minimum Gasteiger partial charge on any atom is -0.438 e. The molecule has 0 saturated carbocycles. The van der Waals surface area contributed by atoms with Gasteiger partial charge in [0, 0.05) is 43.4 Å². The van der Waals surface area contributed by atoms with Crippen LogP contribution in [0, 0.1) is 17.0 Å². The van der Waals surface area contributed by atoms with Crippen LogP contribution < -0.4 is 10.1 Å². The first-order chi connectivity index (χ1) is 15.1. The van der Waals surface area contributed by atoms with Crippen molar-refractivity contribution in [1.82, 2.24) is 19.4 Å². The highest BCUT2D eigenvalue weighted by Gasteiger charge is 2.33. The molecule has 0 atom stereocenters. The fraction of sp³-hybridized carbons (Fsp3) is 0.500. The number of rotatable bonds is 8. The SMILES string of the molecule is CCn1nc(C(=O)NC(C)C)c(C)c1Oc1ccc([N+](=O)[O-])cc1S(=O)(=O)N1CCCC1.